The molecule has 0 heterocycles. The fourth-order valence-electron chi connectivity index (χ4n) is 1.60. The first-order valence-corrected chi connectivity index (χ1v) is 6.14. The van der Waals surface area contributed by atoms with Crippen molar-refractivity contribution >= 4 is 21.5 Å². The Kier molecular flexibility index (Phi) is 5.09. The van der Waals surface area contributed by atoms with Crippen LogP contribution in [-0.4, -0.2) is 11.9 Å². The molecular weight excluding hydrogens is 266 g/mol. The van der Waals surface area contributed by atoms with Crippen molar-refractivity contribution in [3.8, 4) is 0 Å². The summed E-state index contributed by atoms with van der Waals surface area (Å²) >= 11 is 3.45. The normalized spacial score (nSPS) is 11.1. The van der Waals surface area contributed by atoms with Crippen LogP contribution < -0.4 is 0 Å². The highest BCUT2D eigenvalue weighted by Crippen LogP contribution is 2.19. The van der Waals surface area contributed by atoms with Crippen LogP contribution in [0.4, 0.5) is 0 Å². The molecule has 0 aliphatic carbocycles. The van der Waals surface area contributed by atoms with Crippen LogP contribution in [-0.2, 0) is 0 Å². The number of hydrogen-bond donors (Lipinski definition) is 0. The number of rotatable bonds is 4. The second kappa shape index (κ2) is 6.36. The van der Waals surface area contributed by atoms with Gasteiger partial charge in [0.1, 0.15) is 0 Å². The van der Waals surface area contributed by atoms with Crippen molar-refractivity contribution in [2.24, 2.45) is 5.11 Å². The first-order valence-electron chi connectivity index (χ1n) is 5.02. The summed E-state index contributed by atoms with van der Waals surface area (Å²) in [5.74, 6) is 0. The number of hydrogen-bond acceptors (Lipinski definition) is 1. The molecule has 0 aliphatic heterocycles. The summed E-state index contributed by atoms with van der Waals surface area (Å²) in [6, 6.07) is 6.41. The Morgan fingerprint density at radius 1 is 1.38 bits per heavy atom. The van der Waals surface area contributed by atoms with Crippen molar-refractivity contribution in [3.63, 3.8) is 0 Å². The minimum absolute atomic E-state index is 0.393. The van der Waals surface area contributed by atoms with Gasteiger partial charge in [-0.05, 0) is 30.5 Å². The molecule has 0 amide bonds. The van der Waals surface area contributed by atoms with E-state index in [2.05, 4.69) is 58.0 Å². The summed E-state index contributed by atoms with van der Waals surface area (Å²) < 4.78 is 0. The maximum atomic E-state index is 8.23. The van der Waals surface area contributed by atoms with Gasteiger partial charge in [0.2, 0.25) is 0 Å². The molecule has 0 fully saturated rings. The van der Waals surface area contributed by atoms with E-state index in [4.69, 9.17) is 5.53 Å². The lowest BCUT2D eigenvalue weighted by atomic mass is 10.0. The van der Waals surface area contributed by atoms with E-state index in [1.807, 2.05) is 6.08 Å². The van der Waals surface area contributed by atoms with Gasteiger partial charge < -0.3 is 0 Å². The molecule has 84 valence electrons. The van der Waals surface area contributed by atoms with Gasteiger partial charge in [-0.15, -0.1) is 0 Å². The van der Waals surface area contributed by atoms with Gasteiger partial charge in [0.05, 0.1) is 0 Å². The van der Waals surface area contributed by atoms with Crippen LogP contribution in [0.15, 0.2) is 29.4 Å². The summed E-state index contributed by atoms with van der Waals surface area (Å²) in [6.45, 7) is 4.55. The molecular formula is C12H14BrN3. The van der Waals surface area contributed by atoms with Gasteiger partial charge in [0.15, 0.2) is 0 Å². The first kappa shape index (κ1) is 12.8. The minimum atomic E-state index is 0.393. The standard InChI is InChI=1S/C12H14BrN3/c1-9-5-10(2)7-12(6-9)11(8-13)3-4-15-16-14/h3,5-7H,4,8H2,1-2H3. The lowest BCUT2D eigenvalue weighted by molar-refractivity contribution is 1.21. The number of nitrogens with zero attached hydrogens (tertiary/aromatic N) is 3. The molecule has 3 nitrogen and oxygen atoms in total. The van der Waals surface area contributed by atoms with E-state index in [9.17, 15) is 0 Å². The molecule has 0 radical (unpaired) electrons. The van der Waals surface area contributed by atoms with E-state index in [-0.39, 0.29) is 0 Å². The lowest BCUT2D eigenvalue weighted by Gasteiger charge is -2.07. The molecule has 0 unspecified atom stereocenters. The van der Waals surface area contributed by atoms with E-state index in [1.54, 1.807) is 0 Å². The Morgan fingerprint density at radius 2 is 2.00 bits per heavy atom. The Bertz CT molecular complexity index is 425. The molecule has 4 heteroatoms. The molecule has 0 aliphatic rings. The molecule has 1 aromatic carbocycles. The van der Waals surface area contributed by atoms with Gasteiger partial charge in [-0.3, -0.25) is 0 Å². The predicted octanol–water partition coefficient (Wildman–Crippen LogP) is 4.39. The van der Waals surface area contributed by atoms with Gasteiger partial charge in [-0.25, -0.2) is 0 Å². The Morgan fingerprint density at radius 3 is 2.50 bits per heavy atom. The van der Waals surface area contributed by atoms with Crippen LogP contribution in [0.3, 0.4) is 0 Å². The number of halogens is 1. The molecule has 0 saturated heterocycles. The molecule has 0 atom stereocenters. The van der Waals surface area contributed by atoms with Crippen molar-refractivity contribution < 1.29 is 0 Å². The van der Waals surface area contributed by atoms with Crippen LogP contribution in [0.5, 0.6) is 0 Å². The third kappa shape index (κ3) is 3.72. The Labute approximate surface area is 104 Å². The van der Waals surface area contributed by atoms with Crippen molar-refractivity contribution in [2.75, 3.05) is 11.9 Å². The monoisotopic (exact) mass is 279 g/mol. The topological polar surface area (TPSA) is 48.8 Å². The fourth-order valence-corrected chi connectivity index (χ4v) is 2.15. The third-order valence-corrected chi connectivity index (χ3v) is 2.82. The maximum Gasteiger partial charge on any atom is 0.0446 e. The smallest absolute Gasteiger partial charge is 0.0446 e. The van der Waals surface area contributed by atoms with Gasteiger partial charge in [0.25, 0.3) is 0 Å². The SMILES string of the molecule is Cc1cc(C)cc(C(=CCN=[N+]=[N-])CBr)c1. The van der Waals surface area contributed by atoms with Crippen molar-refractivity contribution in [3.05, 3.63) is 51.4 Å². The van der Waals surface area contributed by atoms with E-state index in [0.29, 0.717) is 6.54 Å². The second-order valence-electron chi connectivity index (χ2n) is 3.65. The first-order chi connectivity index (χ1) is 7.67. The Balaban J connectivity index is 3.02. The number of alkyl halides is 1. The van der Waals surface area contributed by atoms with Crippen LogP contribution in [0.1, 0.15) is 16.7 Å². The zero-order valence-corrected chi connectivity index (χ0v) is 11.0. The fraction of sp³-hybridized carbons (Fsp3) is 0.333. The highest BCUT2D eigenvalue weighted by molar-refractivity contribution is 9.09. The number of benzene rings is 1. The number of azide groups is 1. The molecule has 1 rings (SSSR count). The number of aryl methyl sites for hydroxylation is 2. The van der Waals surface area contributed by atoms with E-state index >= 15 is 0 Å². The van der Waals surface area contributed by atoms with Gasteiger partial charge in [0, 0.05) is 16.8 Å². The van der Waals surface area contributed by atoms with Crippen molar-refractivity contribution in [1.82, 2.24) is 0 Å². The average molecular weight is 280 g/mol. The quantitative estimate of drug-likeness (QED) is 0.340. The summed E-state index contributed by atoms with van der Waals surface area (Å²) in [5.41, 5.74) is 13.0. The molecule has 0 spiro atoms. The maximum absolute atomic E-state index is 8.23. The largest absolute Gasteiger partial charge is 0.0899 e. The predicted molar refractivity (Wildman–Crippen MR) is 71.7 cm³/mol. The second-order valence-corrected chi connectivity index (χ2v) is 4.21. The summed E-state index contributed by atoms with van der Waals surface area (Å²) in [4.78, 5) is 2.74. The van der Waals surface area contributed by atoms with E-state index in [0.717, 1.165) is 10.9 Å². The number of allylic oxidation sites excluding steroid dienone is 1. The van der Waals surface area contributed by atoms with E-state index < -0.39 is 0 Å². The van der Waals surface area contributed by atoms with E-state index in [1.165, 1.54) is 16.7 Å². The molecule has 0 bridgehead atoms. The third-order valence-electron chi connectivity index (χ3n) is 2.22. The van der Waals surface area contributed by atoms with Crippen LogP contribution in [0.25, 0.3) is 16.0 Å². The Hall–Kier alpha value is -1.25. The molecule has 0 saturated carbocycles. The highest BCUT2D eigenvalue weighted by atomic mass is 79.9. The molecule has 16 heavy (non-hydrogen) atoms. The van der Waals surface area contributed by atoms with Gasteiger partial charge in [-0.1, -0.05) is 56.4 Å². The van der Waals surface area contributed by atoms with Crippen LogP contribution >= 0.6 is 15.9 Å². The molecule has 1 aromatic rings. The molecule has 0 aromatic heterocycles. The zero-order valence-electron chi connectivity index (χ0n) is 9.44. The summed E-state index contributed by atoms with van der Waals surface area (Å²) in [6.07, 6.45) is 1.95. The summed E-state index contributed by atoms with van der Waals surface area (Å²) in [5, 5.41) is 4.27. The van der Waals surface area contributed by atoms with Gasteiger partial charge >= 0.3 is 0 Å². The van der Waals surface area contributed by atoms with Crippen molar-refractivity contribution in [2.45, 2.75) is 13.8 Å². The summed E-state index contributed by atoms with van der Waals surface area (Å²) in [7, 11) is 0. The van der Waals surface area contributed by atoms with Crippen LogP contribution in [0, 0.1) is 13.8 Å². The zero-order chi connectivity index (χ0) is 12.0. The van der Waals surface area contributed by atoms with Crippen molar-refractivity contribution in [1.29, 1.82) is 0 Å². The van der Waals surface area contributed by atoms with Crippen LogP contribution in [0.2, 0.25) is 0 Å². The molecule has 0 N–H and O–H groups in total. The lowest BCUT2D eigenvalue weighted by Crippen LogP contribution is -1.90. The minimum Gasteiger partial charge on any atom is -0.0899 e. The van der Waals surface area contributed by atoms with Gasteiger partial charge in [-0.2, -0.15) is 0 Å². The average Bonchev–Trinajstić information content (AvgIpc) is 2.23. The highest BCUT2D eigenvalue weighted by Gasteiger charge is 2.01.